The molecule has 2 rings (SSSR count). The van der Waals surface area contributed by atoms with Crippen LogP contribution in [0.2, 0.25) is 0 Å². The average Bonchev–Trinajstić information content (AvgIpc) is 2.07. The van der Waals surface area contributed by atoms with Gasteiger partial charge in [-0.1, -0.05) is 24.3 Å². The van der Waals surface area contributed by atoms with Crippen molar-refractivity contribution in [2.24, 2.45) is 0 Å². The van der Waals surface area contributed by atoms with Crippen LogP contribution in [0, 0.1) is 0 Å². The second-order valence-corrected chi connectivity index (χ2v) is 2.79. The molecule has 0 radical (unpaired) electrons. The Morgan fingerprint density at radius 1 is 0.667 bits per heavy atom. The highest BCUT2D eigenvalue weighted by atomic mass is 15.4. The topological polar surface area (TPSA) is 52.0 Å². The van der Waals surface area contributed by atoms with E-state index in [1.165, 1.54) is 0 Å². The monoisotopic (exact) mass is 160 g/mol. The highest BCUT2D eigenvalue weighted by molar-refractivity contribution is 5.99. The Kier molecular flexibility index (Phi) is 1.40. The molecule has 2 heteroatoms. The molecule has 0 aromatic heterocycles. The average molecular weight is 160 g/mol. The fourth-order valence-electron chi connectivity index (χ4n) is 1.36. The zero-order valence-corrected chi connectivity index (χ0v) is 6.62. The molecule has 12 heavy (non-hydrogen) atoms. The van der Waals surface area contributed by atoms with Gasteiger partial charge in [0.2, 0.25) is 0 Å². The van der Waals surface area contributed by atoms with Gasteiger partial charge in [-0.15, -0.1) is 0 Å². The van der Waals surface area contributed by atoms with Gasteiger partial charge in [-0.2, -0.15) is 0 Å². The van der Waals surface area contributed by atoms with E-state index >= 15 is 0 Å². The van der Waals surface area contributed by atoms with Gasteiger partial charge in [0, 0.05) is 22.1 Å². The molecule has 0 aliphatic heterocycles. The summed E-state index contributed by atoms with van der Waals surface area (Å²) in [6.45, 7) is 0. The molecule has 0 bridgehead atoms. The predicted molar refractivity (Wildman–Crippen MR) is 52.8 cm³/mol. The van der Waals surface area contributed by atoms with Crippen molar-refractivity contribution in [1.29, 1.82) is 0 Å². The van der Waals surface area contributed by atoms with E-state index in [1.807, 2.05) is 36.4 Å². The first-order chi connectivity index (χ1) is 5.79. The van der Waals surface area contributed by atoms with Crippen LogP contribution < -0.4 is 11.5 Å². The molecule has 4 N–H and O–H groups in total. The summed E-state index contributed by atoms with van der Waals surface area (Å²) in [7, 11) is 0. The van der Waals surface area contributed by atoms with Gasteiger partial charge in [-0.05, 0) is 12.1 Å². The third kappa shape index (κ3) is 0.889. The number of nitrogen functional groups attached to an aromatic ring is 2. The quantitative estimate of drug-likeness (QED) is 0.457. The van der Waals surface area contributed by atoms with Crippen molar-refractivity contribution in [2.45, 2.75) is 0 Å². The van der Waals surface area contributed by atoms with E-state index in [9.17, 15) is 0 Å². The molecule has 0 atom stereocenters. The van der Waals surface area contributed by atoms with Crippen molar-refractivity contribution >= 4 is 22.1 Å². The lowest BCUT2D eigenvalue weighted by molar-refractivity contribution is 1.71. The lowest BCUT2D eigenvalue weighted by atomic mass is 10.1. The molecule has 2 aromatic carbocycles. The van der Waals surface area contributed by atoms with Crippen LogP contribution >= 0.6 is 0 Å². The van der Waals surface area contributed by atoms with Gasteiger partial charge in [0.05, 0.1) is 0 Å². The van der Waals surface area contributed by atoms with Crippen molar-refractivity contribution in [1.82, 2.24) is 0 Å². The van der Waals surface area contributed by atoms with Crippen LogP contribution in [-0.2, 0) is 0 Å². The minimum absolute atomic E-state index is 0.778. The second kappa shape index (κ2) is 2.41. The Hall–Kier alpha value is -1.70. The van der Waals surface area contributed by atoms with E-state index < -0.39 is 0 Å². The summed E-state index contributed by atoms with van der Waals surface area (Å²) in [6.07, 6.45) is 0. The van der Waals surface area contributed by atoms with Crippen LogP contribution in [0.25, 0.3) is 10.8 Å². The number of hydrogen-bond acceptors (Lipinski definition) is 2. The summed E-state index contributed by atoms with van der Waals surface area (Å²) in [5, 5.41) is 2.05. The van der Waals surface area contributed by atoms with Gasteiger partial charge in [0.15, 0.2) is 0 Å². The molecule has 2 aromatic rings. The van der Waals surface area contributed by atoms with Gasteiger partial charge in [0.25, 0.3) is 0 Å². The van der Waals surface area contributed by atoms with E-state index in [2.05, 4.69) is 0 Å². The SMILES string of the molecule is [15NH2]c1cccc2c([15NH2])cccc12. The number of anilines is 2. The van der Waals surface area contributed by atoms with Crippen molar-refractivity contribution in [3.05, 3.63) is 36.4 Å². The molecule has 0 saturated carbocycles. The smallest absolute Gasteiger partial charge is 0.0394 e. The van der Waals surface area contributed by atoms with Crippen LogP contribution in [0.15, 0.2) is 36.4 Å². The fraction of sp³-hybridized carbons (Fsp3) is 0. The molecule has 0 fully saturated rings. The normalized spacial score (nSPS) is 10.3. The van der Waals surface area contributed by atoms with Gasteiger partial charge in [-0.25, -0.2) is 0 Å². The van der Waals surface area contributed by atoms with Crippen LogP contribution in [0.1, 0.15) is 0 Å². The lowest BCUT2D eigenvalue weighted by Gasteiger charge is -2.03. The summed E-state index contributed by atoms with van der Waals surface area (Å²) < 4.78 is 0. The predicted octanol–water partition coefficient (Wildman–Crippen LogP) is 2.00. The number of benzene rings is 2. The molecular weight excluding hydrogens is 150 g/mol. The van der Waals surface area contributed by atoms with E-state index in [0.29, 0.717) is 0 Å². The Labute approximate surface area is 70.8 Å². The minimum atomic E-state index is 0.778. The molecule has 2 nitrogen and oxygen atoms in total. The lowest BCUT2D eigenvalue weighted by Crippen LogP contribution is -1.90. The van der Waals surface area contributed by atoms with Crippen molar-refractivity contribution in [3.63, 3.8) is 0 Å². The molecule has 0 amide bonds. The fourth-order valence-corrected chi connectivity index (χ4v) is 1.36. The van der Waals surface area contributed by atoms with E-state index in [4.69, 9.17) is 11.5 Å². The Bertz CT molecular complexity index is 380. The van der Waals surface area contributed by atoms with Gasteiger partial charge < -0.3 is 11.5 Å². The van der Waals surface area contributed by atoms with Gasteiger partial charge in [-0.3, -0.25) is 0 Å². The molecular formula is C10H10N2. The van der Waals surface area contributed by atoms with Gasteiger partial charge >= 0.3 is 0 Å². The third-order valence-corrected chi connectivity index (χ3v) is 1.99. The second-order valence-electron chi connectivity index (χ2n) is 2.79. The Morgan fingerprint density at radius 3 is 1.50 bits per heavy atom. The van der Waals surface area contributed by atoms with E-state index in [-0.39, 0.29) is 0 Å². The van der Waals surface area contributed by atoms with Crippen LogP contribution in [0.3, 0.4) is 0 Å². The molecule has 60 valence electrons. The van der Waals surface area contributed by atoms with Crippen LogP contribution in [0.4, 0.5) is 11.4 Å². The maximum atomic E-state index is 5.77. The number of hydrogen-bond donors (Lipinski definition) is 2. The van der Waals surface area contributed by atoms with E-state index in [1.54, 1.807) is 0 Å². The van der Waals surface area contributed by atoms with Crippen LogP contribution in [-0.4, -0.2) is 0 Å². The number of rotatable bonds is 0. The third-order valence-electron chi connectivity index (χ3n) is 1.99. The first-order valence-corrected chi connectivity index (χ1v) is 3.82. The zero-order valence-electron chi connectivity index (χ0n) is 6.62. The minimum Gasteiger partial charge on any atom is -0.398 e. The molecule has 0 aliphatic carbocycles. The summed E-state index contributed by atoms with van der Waals surface area (Å²) >= 11 is 0. The summed E-state index contributed by atoms with van der Waals surface area (Å²) in [5.41, 5.74) is 13.1. The highest BCUT2D eigenvalue weighted by Crippen LogP contribution is 2.24. The molecule has 0 spiro atoms. The molecule has 0 aliphatic rings. The zero-order chi connectivity index (χ0) is 8.55. The summed E-state index contributed by atoms with van der Waals surface area (Å²) in [6, 6.07) is 11.5. The van der Waals surface area contributed by atoms with Crippen molar-refractivity contribution < 1.29 is 0 Å². The Balaban J connectivity index is 2.94. The molecule has 0 saturated heterocycles. The standard InChI is InChI=1S/C10H10N2/c11-9-5-1-3-7-8(9)4-2-6-10(7)12/h1-6H,11-12H2/i11+1,12+1. The maximum absolute atomic E-state index is 5.77. The number of nitrogens with two attached hydrogens (primary N) is 2. The summed E-state index contributed by atoms with van der Waals surface area (Å²) in [5.74, 6) is 0. The maximum Gasteiger partial charge on any atom is 0.0394 e. The number of fused-ring (bicyclic) bond motifs is 1. The molecule has 0 unspecified atom stereocenters. The summed E-state index contributed by atoms with van der Waals surface area (Å²) in [4.78, 5) is 0. The Morgan fingerprint density at radius 2 is 1.08 bits per heavy atom. The van der Waals surface area contributed by atoms with Crippen molar-refractivity contribution in [2.75, 3.05) is 11.5 Å². The van der Waals surface area contributed by atoms with E-state index in [0.717, 1.165) is 22.1 Å². The van der Waals surface area contributed by atoms with Crippen LogP contribution in [0.5, 0.6) is 0 Å². The first-order valence-electron chi connectivity index (χ1n) is 3.82. The molecule has 0 heterocycles. The van der Waals surface area contributed by atoms with Gasteiger partial charge in [0.1, 0.15) is 0 Å². The largest absolute Gasteiger partial charge is 0.398 e. The highest BCUT2D eigenvalue weighted by Gasteiger charge is 1.98. The first kappa shape index (κ1) is 6.98. The van der Waals surface area contributed by atoms with Crippen molar-refractivity contribution in [3.8, 4) is 0 Å².